The van der Waals surface area contributed by atoms with Crippen molar-refractivity contribution < 1.29 is 43.8 Å². The topological polar surface area (TPSA) is 238 Å². The van der Waals surface area contributed by atoms with Crippen molar-refractivity contribution in [3.8, 4) is 0 Å². The summed E-state index contributed by atoms with van der Waals surface area (Å²) in [4.78, 5) is 94.3. The van der Waals surface area contributed by atoms with E-state index in [4.69, 9.17) is 17.3 Å². The number of nitrogens with one attached hydrogen (secondary N) is 3. The zero-order valence-electron chi connectivity index (χ0n) is 26.4. The van der Waals surface area contributed by atoms with Gasteiger partial charge < -0.3 is 31.9 Å². The summed E-state index contributed by atoms with van der Waals surface area (Å²) < 4.78 is 0. The third-order valence-corrected chi connectivity index (χ3v) is 8.02. The predicted molar refractivity (Wildman–Crippen MR) is 174 cm³/mol. The summed E-state index contributed by atoms with van der Waals surface area (Å²) in [5.41, 5.74) is 5.99. The van der Waals surface area contributed by atoms with E-state index in [0.717, 1.165) is 17.7 Å². The molecule has 0 saturated heterocycles. The van der Waals surface area contributed by atoms with E-state index in [2.05, 4.69) is 20.9 Å². The Morgan fingerprint density at radius 1 is 1.02 bits per heavy atom. The van der Waals surface area contributed by atoms with E-state index in [9.17, 15) is 43.8 Å². The highest BCUT2D eigenvalue weighted by molar-refractivity contribution is 6.28. The van der Waals surface area contributed by atoms with Gasteiger partial charge in [0.15, 0.2) is 5.78 Å². The first kappa shape index (κ1) is 41.2. The first-order valence-electron chi connectivity index (χ1n) is 15.2. The Labute approximate surface area is 284 Å². The Morgan fingerprint density at radius 2 is 1.72 bits per heavy atom. The van der Waals surface area contributed by atoms with Gasteiger partial charge in [-0.25, -0.2) is 4.98 Å². The number of Topliss-reactive ketones (excluding diaryl/α,β-unsaturated/α-hetero) is 1. The summed E-state index contributed by atoms with van der Waals surface area (Å²) >= 11 is 5.62. The van der Waals surface area contributed by atoms with Crippen molar-refractivity contribution in [1.82, 2.24) is 20.9 Å². The number of halogens is 2. The van der Waals surface area contributed by atoms with Gasteiger partial charge in [-0.05, 0) is 43.4 Å². The maximum absolute atomic E-state index is 14.1. The second-order valence-electron chi connectivity index (χ2n) is 11.2. The van der Waals surface area contributed by atoms with Crippen LogP contribution in [0.4, 0.5) is 5.82 Å². The first-order chi connectivity index (χ1) is 21.8. The van der Waals surface area contributed by atoms with Crippen LogP contribution in [0.1, 0.15) is 70.8 Å². The van der Waals surface area contributed by atoms with Gasteiger partial charge in [0.05, 0.1) is 18.3 Å². The van der Waals surface area contributed by atoms with Crippen LogP contribution in [0.3, 0.4) is 0 Å². The standard InChI is InChI=1S/C30H43ClN6O9.ClH/c1-3-17(2)26(36-23(39)9-5-4-6-12-32)29(45)34-19(10-11-24(40)41)30(46)37-21(14-18-8-7-13-33-27(18)37)28(44)35-20(15-25(42)43)22(38)16-31;/h7-8,13,17,19-21,26H,3-6,9-12,14-16,32H2,1-2H3,(H,34,45)(H,35,44)(H,36,39)(H,40,41)(H,42,43);1H/t17-,19-,20+,21-,26-;/m0./s1. The normalized spacial score (nSPS) is 16.0. The lowest BCUT2D eigenvalue weighted by Gasteiger charge is -2.31. The molecule has 47 heavy (non-hydrogen) atoms. The van der Waals surface area contributed by atoms with Gasteiger partial charge in [-0.2, -0.15) is 0 Å². The monoisotopic (exact) mass is 702 g/mol. The summed E-state index contributed by atoms with van der Waals surface area (Å²) in [7, 11) is 0. The highest BCUT2D eigenvalue weighted by atomic mass is 35.5. The lowest BCUT2D eigenvalue weighted by molar-refractivity contribution is -0.140. The number of nitrogens with two attached hydrogens (primary N) is 1. The first-order valence-corrected chi connectivity index (χ1v) is 15.8. The van der Waals surface area contributed by atoms with Gasteiger partial charge in [0.2, 0.25) is 17.7 Å². The number of hydrogen-bond donors (Lipinski definition) is 6. The highest BCUT2D eigenvalue weighted by Gasteiger charge is 2.43. The van der Waals surface area contributed by atoms with Crippen molar-refractivity contribution in [3.05, 3.63) is 23.9 Å². The van der Waals surface area contributed by atoms with Crippen molar-refractivity contribution in [2.75, 3.05) is 17.3 Å². The molecular weight excluding hydrogens is 659 g/mol. The minimum atomic E-state index is -1.46. The molecule has 1 aromatic rings. The molecule has 5 atom stereocenters. The smallest absolute Gasteiger partial charge is 0.305 e. The number of aliphatic carboxylic acids is 2. The molecule has 1 aliphatic rings. The van der Waals surface area contributed by atoms with Crippen molar-refractivity contribution in [1.29, 1.82) is 0 Å². The highest BCUT2D eigenvalue weighted by Crippen LogP contribution is 2.31. The Kier molecular flexibility index (Phi) is 17.9. The number of aromatic nitrogens is 1. The average molecular weight is 704 g/mol. The van der Waals surface area contributed by atoms with Crippen LogP contribution >= 0.6 is 24.0 Å². The number of ketones is 1. The van der Waals surface area contributed by atoms with E-state index in [-0.39, 0.29) is 49.3 Å². The molecule has 4 amide bonds. The van der Waals surface area contributed by atoms with Crippen LogP contribution < -0.4 is 26.6 Å². The van der Waals surface area contributed by atoms with E-state index in [0.29, 0.717) is 24.9 Å². The van der Waals surface area contributed by atoms with E-state index in [1.165, 1.54) is 6.20 Å². The quantitative estimate of drug-likeness (QED) is 0.0825. The minimum Gasteiger partial charge on any atom is -0.481 e. The second kappa shape index (κ2) is 20.4. The van der Waals surface area contributed by atoms with E-state index in [1.807, 2.05) is 6.92 Å². The van der Waals surface area contributed by atoms with Crippen molar-refractivity contribution >= 4 is 71.2 Å². The number of alkyl halides is 1. The van der Waals surface area contributed by atoms with Gasteiger partial charge >= 0.3 is 11.9 Å². The van der Waals surface area contributed by atoms with Crippen LogP contribution in [0.5, 0.6) is 0 Å². The number of hydrogen-bond acceptors (Lipinski definition) is 9. The van der Waals surface area contributed by atoms with Crippen LogP contribution in [0, 0.1) is 5.92 Å². The van der Waals surface area contributed by atoms with Gasteiger partial charge in [0.25, 0.3) is 5.91 Å². The molecule has 262 valence electrons. The summed E-state index contributed by atoms with van der Waals surface area (Å²) in [6.07, 6.45) is 2.49. The molecule has 17 heteroatoms. The maximum Gasteiger partial charge on any atom is 0.305 e. The number of carboxylic acids is 2. The number of nitrogens with zero attached hydrogens (tertiary/aromatic N) is 2. The van der Waals surface area contributed by atoms with Crippen molar-refractivity contribution in [2.45, 2.75) is 95.8 Å². The summed E-state index contributed by atoms with van der Waals surface area (Å²) in [6, 6.07) is -2.03. The molecule has 7 N–H and O–H groups in total. The average Bonchev–Trinajstić information content (AvgIpc) is 3.42. The zero-order chi connectivity index (χ0) is 34.4. The van der Waals surface area contributed by atoms with Gasteiger partial charge in [0.1, 0.15) is 23.9 Å². The summed E-state index contributed by atoms with van der Waals surface area (Å²) in [5.74, 6) is -6.92. The Bertz CT molecular complexity index is 1280. The molecule has 0 unspecified atom stereocenters. The molecule has 0 aliphatic carbocycles. The number of carboxylic acid groups (broad SMARTS) is 2. The lowest BCUT2D eigenvalue weighted by Crippen LogP contribution is -2.59. The third kappa shape index (κ3) is 12.4. The molecular formula is C30H44Cl2N6O9. The number of rotatable bonds is 20. The molecule has 0 radical (unpaired) electrons. The molecule has 1 aliphatic heterocycles. The number of unbranched alkanes of at least 4 members (excludes halogenated alkanes) is 2. The molecule has 2 rings (SSSR count). The van der Waals surface area contributed by atoms with Gasteiger partial charge in [-0.3, -0.25) is 38.5 Å². The van der Waals surface area contributed by atoms with Gasteiger partial charge in [0, 0.05) is 25.5 Å². The SMILES string of the molecule is CC[C@H](C)[C@H](NC(=O)CCCCCN)C(=O)N[C@@H](CCC(=O)O)C(=O)N1c2ncccc2C[C@H]1C(=O)N[C@H](CC(=O)O)C(=O)CCl.Cl. The molecule has 1 aromatic heterocycles. The largest absolute Gasteiger partial charge is 0.481 e. The Hall–Kier alpha value is -3.82. The fraction of sp³-hybridized carbons (Fsp3) is 0.600. The number of fused-ring (bicyclic) bond motifs is 1. The van der Waals surface area contributed by atoms with E-state index in [1.54, 1.807) is 19.1 Å². The Morgan fingerprint density at radius 3 is 2.32 bits per heavy atom. The van der Waals surface area contributed by atoms with Crippen LogP contribution in [0.2, 0.25) is 0 Å². The third-order valence-electron chi connectivity index (χ3n) is 7.76. The Balaban J connectivity index is 0.0000110. The minimum absolute atomic E-state index is 0. The van der Waals surface area contributed by atoms with E-state index < -0.39 is 78.3 Å². The molecule has 0 spiro atoms. The summed E-state index contributed by atoms with van der Waals surface area (Å²) in [5, 5.41) is 26.3. The van der Waals surface area contributed by atoms with Crippen LogP contribution in [0.25, 0.3) is 0 Å². The fourth-order valence-corrected chi connectivity index (χ4v) is 5.20. The number of carbonyl (C=O) groups is 7. The van der Waals surface area contributed by atoms with Gasteiger partial charge in [-0.1, -0.05) is 32.8 Å². The van der Waals surface area contributed by atoms with Crippen LogP contribution in [0.15, 0.2) is 18.3 Å². The lowest BCUT2D eigenvalue weighted by atomic mass is 9.97. The van der Waals surface area contributed by atoms with Crippen molar-refractivity contribution in [3.63, 3.8) is 0 Å². The maximum atomic E-state index is 14.1. The fourth-order valence-electron chi connectivity index (χ4n) is 5.01. The van der Waals surface area contributed by atoms with Crippen molar-refractivity contribution in [2.24, 2.45) is 11.7 Å². The van der Waals surface area contributed by atoms with Crippen LogP contribution in [-0.4, -0.2) is 93.1 Å². The van der Waals surface area contributed by atoms with Gasteiger partial charge in [-0.15, -0.1) is 24.0 Å². The zero-order valence-corrected chi connectivity index (χ0v) is 28.0. The van der Waals surface area contributed by atoms with E-state index >= 15 is 0 Å². The second-order valence-corrected chi connectivity index (χ2v) is 11.5. The molecule has 0 fully saturated rings. The molecule has 0 saturated carbocycles. The van der Waals surface area contributed by atoms with Crippen LogP contribution in [-0.2, 0) is 40.0 Å². The molecule has 0 aromatic carbocycles. The number of carbonyl (C=O) groups excluding carboxylic acids is 5. The predicted octanol–water partition coefficient (Wildman–Crippen LogP) is 0.928. The number of pyridine rings is 1. The molecule has 2 heterocycles. The summed E-state index contributed by atoms with van der Waals surface area (Å²) in [6.45, 7) is 4.08. The molecule has 0 bridgehead atoms. The molecule has 15 nitrogen and oxygen atoms in total. The number of amides is 4. The number of anilines is 1.